The molecule has 0 unspecified atom stereocenters. The molecule has 0 amide bonds. The highest BCUT2D eigenvalue weighted by Gasteiger charge is 2.34. The Morgan fingerprint density at radius 1 is 1.04 bits per heavy atom. The number of anilines is 2. The van der Waals surface area contributed by atoms with Crippen LogP contribution in [0.3, 0.4) is 0 Å². The molecule has 2 aromatic rings. The highest BCUT2D eigenvalue weighted by Crippen LogP contribution is 2.49. The van der Waals surface area contributed by atoms with E-state index < -0.39 is 0 Å². The van der Waals surface area contributed by atoms with Gasteiger partial charge in [0, 0.05) is 29.7 Å². The van der Waals surface area contributed by atoms with Crippen LogP contribution in [-0.4, -0.2) is 7.05 Å². The molecule has 0 spiro atoms. The summed E-state index contributed by atoms with van der Waals surface area (Å²) in [6.45, 7) is 13.3. The zero-order valence-corrected chi connectivity index (χ0v) is 15.7. The van der Waals surface area contributed by atoms with E-state index in [0.717, 1.165) is 22.5 Å². The van der Waals surface area contributed by atoms with Crippen LogP contribution in [0.2, 0.25) is 0 Å². The third-order valence-electron chi connectivity index (χ3n) is 4.91. The van der Waals surface area contributed by atoms with Crippen molar-refractivity contribution < 1.29 is 0 Å². The lowest BCUT2D eigenvalue weighted by molar-refractivity contribution is 0.728. The average Bonchev–Trinajstić information content (AvgIpc) is 3.10. The maximum atomic E-state index is 4.48. The van der Waals surface area contributed by atoms with Gasteiger partial charge in [-0.3, -0.25) is 0 Å². The van der Waals surface area contributed by atoms with Crippen LogP contribution in [0.5, 0.6) is 0 Å². The average molecular weight is 346 g/mol. The van der Waals surface area contributed by atoms with E-state index in [-0.39, 0.29) is 0 Å². The predicted octanol–water partition coefficient (Wildman–Crippen LogP) is 6.04. The van der Waals surface area contributed by atoms with Gasteiger partial charge in [-0.2, -0.15) is 0 Å². The minimum absolute atomic E-state index is 0.386. The molecule has 0 bridgehead atoms. The van der Waals surface area contributed by atoms with E-state index in [1.54, 1.807) is 11.3 Å². The zero-order valence-electron chi connectivity index (χ0n) is 14.9. The second-order valence-corrected chi connectivity index (χ2v) is 7.69. The third-order valence-corrected chi connectivity index (χ3v) is 5.87. The Hall–Kier alpha value is -2.52. The number of allylic oxidation sites excluding steroid dienone is 3. The summed E-state index contributed by atoms with van der Waals surface area (Å²) in [4.78, 5) is 5.78. The van der Waals surface area contributed by atoms with E-state index in [0.29, 0.717) is 5.92 Å². The molecule has 4 rings (SSSR count). The van der Waals surface area contributed by atoms with Crippen molar-refractivity contribution in [3.8, 4) is 0 Å². The molecule has 0 radical (unpaired) electrons. The minimum atomic E-state index is 0.386. The van der Waals surface area contributed by atoms with Crippen molar-refractivity contribution in [1.82, 2.24) is 0 Å². The van der Waals surface area contributed by atoms with E-state index in [2.05, 4.69) is 85.6 Å². The first-order valence-corrected chi connectivity index (χ1v) is 9.40. The fourth-order valence-electron chi connectivity index (χ4n) is 3.63. The molecule has 3 heteroatoms. The molecule has 0 fully saturated rings. The zero-order chi connectivity index (χ0) is 17.7. The number of hydrogen-bond donors (Lipinski definition) is 0. The number of rotatable bonds is 2. The molecule has 0 aliphatic carbocycles. The van der Waals surface area contributed by atoms with Gasteiger partial charge in [0.2, 0.25) is 0 Å². The second kappa shape index (κ2) is 5.78. The number of likely N-dealkylation sites (N-methyl/N-ethyl adjacent to an activating group) is 1. The topological polar surface area (TPSA) is 6.48 Å². The van der Waals surface area contributed by atoms with Gasteiger partial charge in [-0.25, -0.2) is 0 Å². The maximum Gasteiger partial charge on any atom is 0.0597 e. The van der Waals surface area contributed by atoms with Crippen LogP contribution < -0.4 is 9.80 Å². The van der Waals surface area contributed by atoms with Gasteiger partial charge in [0.25, 0.3) is 0 Å². The van der Waals surface area contributed by atoms with Crippen LogP contribution in [0, 0.1) is 5.92 Å². The monoisotopic (exact) mass is 346 g/mol. The summed E-state index contributed by atoms with van der Waals surface area (Å²) in [5.74, 6) is 0.386. The summed E-state index contributed by atoms with van der Waals surface area (Å²) in [5, 5.41) is 2.13. The molecule has 126 valence electrons. The molecule has 3 heterocycles. The van der Waals surface area contributed by atoms with Crippen LogP contribution in [-0.2, 0) is 0 Å². The third kappa shape index (κ3) is 2.30. The fraction of sp³-hybridized carbons (Fsp3) is 0.182. The molecule has 0 saturated carbocycles. The standard InChI is InChI=1S/C22H22N2S/c1-14(2)19-13-20-21(15(3)22-18(23(20)5)11-12-25-22)16(4)24(19)17-9-7-6-8-10-17/h6-14H,3-4H2,1-2,5H3. The molecule has 2 aliphatic rings. The Bertz CT molecular complexity index is 928. The van der Waals surface area contributed by atoms with E-state index in [4.69, 9.17) is 0 Å². The maximum absolute atomic E-state index is 4.48. The lowest BCUT2D eigenvalue weighted by Gasteiger charge is -2.41. The van der Waals surface area contributed by atoms with Crippen molar-refractivity contribution in [1.29, 1.82) is 0 Å². The van der Waals surface area contributed by atoms with Gasteiger partial charge in [0.1, 0.15) is 0 Å². The molecular weight excluding hydrogens is 324 g/mol. The Labute approximate surface area is 153 Å². The highest BCUT2D eigenvalue weighted by atomic mass is 32.1. The van der Waals surface area contributed by atoms with Crippen molar-refractivity contribution in [3.63, 3.8) is 0 Å². The van der Waals surface area contributed by atoms with Crippen molar-refractivity contribution in [3.05, 3.63) is 88.6 Å². The summed E-state index contributed by atoms with van der Waals surface area (Å²) in [6, 6.07) is 12.6. The van der Waals surface area contributed by atoms with Gasteiger partial charge in [-0.1, -0.05) is 45.2 Å². The van der Waals surface area contributed by atoms with Crippen molar-refractivity contribution in [2.75, 3.05) is 16.8 Å². The molecule has 0 saturated heterocycles. The number of para-hydroxylation sites is 1. The minimum Gasteiger partial charge on any atom is -0.343 e. The highest BCUT2D eigenvalue weighted by molar-refractivity contribution is 7.11. The van der Waals surface area contributed by atoms with E-state index in [1.807, 2.05) is 6.07 Å². The Kier molecular flexibility index (Phi) is 3.69. The lowest BCUT2D eigenvalue weighted by Crippen LogP contribution is -2.34. The summed E-state index contributed by atoms with van der Waals surface area (Å²) < 4.78 is 0. The van der Waals surface area contributed by atoms with Crippen LogP contribution in [0.25, 0.3) is 5.57 Å². The number of hydrogen-bond acceptors (Lipinski definition) is 3. The predicted molar refractivity (Wildman–Crippen MR) is 110 cm³/mol. The quantitative estimate of drug-likeness (QED) is 0.654. The van der Waals surface area contributed by atoms with Gasteiger partial charge in [-0.05, 0) is 41.1 Å². The number of benzene rings is 1. The van der Waals surface area contributed by atoms with Crippen molar-refractivity contribution >= 4 is 28.3 Å². The van der Waals surface area contributed by atoms with Crippen molar-refractivity contribution in [2.45, 2.75) is 13.8 Å². The summed E-state index contributed by atoms with van der Waals surface area (Å²) in [5.41, 5.74) is 8.04. The first-order valence-electron chi connectivity index (χ1n) is 8.52. The Morgan fingerprint density at radius 3 is 2.44 bits per heavy atom. The summed E-state index contributed by atoms with van der Waals surface area (Å²) in [7, 11) is 2.13. The molecule has 1 aromatic heterocycles. The molecule has 2 nitrogen and oxygen atoms in total. The Morgan fingerprint density at radius 2 is 1.76 bits per heavy atom. The summed E-state index contributed by atoms with van der Waals surface area (Å²) >= 11 is 1.74. The van der Waals surface area contributed by atoms with E-state index in [1.165, 1.54) is 22.0 Å². The van der Waals surface area contributed by atoms with Crippen LogP contribution in [0.4, 0.5) is 11.4 Å². The number of fused-ring (bicyclic) bond motifs is 1. The normalized spacial score (nSPS) is 17.0. The molecule has 2 aliphatic heterocycles. The number of nitrogens with zero attached hydrogens (tertiary/aromatic N) is 2. The van der Waals surface area contributed by atoms with Gasteiger partial charge in [-0.15, -0.1) is 11.3 Å². The first kappa shape index (κ1) is 16.0. The molecule has 1 aromatic carbocycles. The van der Waals surface area contributed by atoms with E-state index in [9.17, 15) is 0 Å². The molecular formula is C22H22N2S. The van der Waals surface area contributed by atoms with Gasteiger partial charge < -0.3 is 9.80 Å². The molecule has 0 N–H and O–H groups in total. The van der Waals surface area contributed by atoms with Gasteiger partial charge in [0.15, 0.2) is 0 Å². The van der Waals surface area contributed by atoms with Gasteiger partial charge in [0.05, 0.1) is 16.3 Å². The van der Waals surface area contributed by atoms with Gasteiger partial charge >= 0.3 is 0 Å². The van der Waals surface area contributed by atoms with Crippen LogP contribution >= 0.6 is 11.3 Å². The smallest absolute Gasteiger partial charge is 0.0597 e. The SMILES string of the molecule is C=C1C2=C(C=C(C(C)C)N(c3ccccc3)C2=C)N(C)c2ccsc21. The largest absolute Gasteiger partial charge is 0.343 e. The first-order chi connectivity index (χ1) is 12.0. The Balaban J connectivity index is 1.92. The lowest BCUT2D eigenvalue weighted by atomic mass is 9.89. The molecule has 25 heavy (non-hydrogen) atoms. The van der Waals surface area contributed by atoms with Crippen molar-refractivity contribution in [2.24, 2.45) is 5.92 Å². The second-order valence-electron chi connectivity index (χ2n) is 6.77. The summed E-state index contributed by atoms with van der Waals surface area (Å²) in [6.07, 6.45) is 2.30. The fourth-order valence-corrected chi connectivity index (χ4v) is 4.53. The number of thiophene rings is 1. The molecule has 0 atom stereocenters. The van der Waals surface area contributed by atoms with E-state index >= 15 is 0 Å². The van der Waals surface area contributed by atoms with Crippen LogP contribution in [0.1, 0.15) is 18.7 Å². The van der Waals surface area contributed by atoms with Crippen LogP contribution in [0.15, 0.2) is 83.7 Å².